The Hall–Kier alpha value is -2.51. The van der Waals surface area contributed by atoms with Crippen LogP contribution in [0, 0.1) is 0 Å². The summed E-state index contributed by atoms with van der Waals surface area (Å²) in [5.74, 6) is 1.65. The van der Waals surface area contributed by atoms with Crippen LogP contribution in [0.15, 0.2) is 52.1 Å². The van der Waals surface area contributed by atoms with Crippen molar-refractivity contribution in [2.75, 3.05) is 6.79 Å². The standard InChI is InChI=1S/C18H13ClN2O4S/c1-10(16(22)11-2-5-13(19)6-3-11)26-18-21-20-17(25-18)12-4-7-14-15(8-12)24-9-23-14/h2-8,10H,9H2,1H3. The van der Waals surface area contributed by atoms with Crippen molar-refractivity contribution in [2.24, 2.45) is 0 Å². The van der Waals surface area contributed by atoms with Gasteiger partial charge in [-0.1, -0.05) is 23.4 Å². The van der Waals surface area contributed by atoms with E-state index in [0.717, 1.165) is 5.56 Å². The molecule has 4 rings (SSSR count). The smallest absolute Gasteiger partial charge is 0.277 e. The Balaban J connectivity index is 1.48. The fourth-order valence-corrected chi connectivity index (χ4v) is 3.34. The van der Waals surface area contributed by atoms with Gasteiger partial charge in [0.25, 0.3) is 5.22 Å². The SMILES string of the molecule is CC(Sc1nnc(-c2ccc3c(c2)OCO3)o1)C(=O)c1ccc(Cl)cc1. The van der Waals surface area contributed by atoms with E-state index in [2.05, 4.69) is 10.2 Å². The summed E-state index contributed by atoms with van der Waals surface area (Å²) < 4.78 is 16.3. The maximum Gasteiger partial charge on any atom is 0.277 e. The largest absolute Gasteiger partial charge is 0.454 e. The zero-order valence-corrected chi connectivity index (χ0v) is 15.2. The van der Waals surface area contributed by atoms with Gasteiger partial charge in [-0.15, -0.1) is 10.2 Å². The molecule has 1 unspecified atom stereocenters. The number of fused-ring (bicyclic) bond motifs is 1. The lowest BCUT2D eigenvalue weighted by molar-refractivity contribution is 0.0993. The predicted octanol–water partition coefficient (Wildman–Crippen LogP) is 4.48. The average Bonchev–Trinajstić information content (AvgIpc) is 3.30. The third-order valence-electron chi connectivity index (χ3n) is 3.80. The van der Waals surface area contributed by atoms with E-state index in [4.69, 9.17) is 25.5 Å². The molecule has 2 heterocycles. The highest BCUT2D eigenvalue weighted by atomic mass is 35.5. The summed E-state index contributed by atoms with van der Waals surface area (Å²) in [5, 5.41) is 8.61. The summed E-state index contributed by atoms with van der Waals surface area (Å²) in [6.07, 6.45) is 0. The average molecular weight is 389 g/mol. The van der Waals surface area contributed by atoms with Crippen molar-refractivity contribution < 1.29 is 18.7 Å². The van der Waals surface area contributed by atoms with Crippen molar-refractivity contribution in [3.63, 3.8) is 0 Å². The molecule has 0 amide bonds. The Labute approximate surface area is 158 Å². The molecule has 0 aliphatic carbocycles. The lowest BCUT2D eigenvalue weighted by Crippen LogP contribution is -2.13. The number of ether oxygens (including phenoxy) is 2. The lowest BCUT2D eigenvalue weighted by atomic mass is 10.1. The highest BCUT2D eigenvalue weighted by Crippen LogP contribution is 2.36. The Morgan fingerprint density at radius 3 is 2.69 bits per heavy atom. The minimum atomic E-state index is -0.374. The van der Waals surface area contributed by atoms with Crippen LogP contribution in [-0.2, 0) is 0 Å². The van der Waals surface area contributed by atoms with E-state index in [1.807, 2.05) is 6.07 Å². The van der Waals surface area contributed by atoms with E-state index in [0.29, 0.717) is 33.2 Å². The van der Waals surface area contributed by atoms with Gasteiger partial charge in [0.15, 0.2) is 17.3 Å². The maximum atomic E-state index is 12.5. The van der Waals surface area contributed by atoms with Crippen LogP contribution < -0.4 is 9.47 Å². The third kappa shape index (κ3) is 3.40. The van der Waals surface area contributed by atoms with Crippen molar-refractivity contribution in [3.8, 4) is 23.0 Å². The molecule has 6 nitrogen and oxygen atoms in total. The first kappa shape index (κ1) is 16.9. The van der Waals surface area contributed by atoms with Crippen molar-refractivity contribution in [1.29, 1.82) is 0 Å². The van der Waals surface area contributed by atoms with Gasteiger partial charge in [0.2, 0.25) is 12.7 Å². The van der Waals surface area contributed by atoms with Crippen LogP contribution in [0.5, 0.6) is 11.5 Å². The first-order valence-electron chi connectivity index (χ1n) is 7.80. The number of halogens is 1. The molecule has 1 aromatic heterocycles. The maximum absolute atomic E-state index is 12.5. The zero-order valence-electron chi connectivity index (χ0n) is 13.6. The molecule has 0 bridgehead atoms. The summed E-state index contributed by atoms with van der Waals surface area (Å²) in [6, 6.07) is 12.2. The number of carbonyl (C=O) groups excluding carboxylic acids is 1. The van der Waals surface area contributed by atoms with E-state index >= 15 is 0 Å². The second kappa shape index (κ2) is 7.01. The summed E-state index contributed by atoms with van der Waals surface area (Å²) in [4.78, 5) is 12.5. The van der Waals surface area contributed by atoms with Crippen LogP contribution in [0.1, 0.15) is 17.3 Å². The molecule has 26 heavy (non-hydrogen) atoms. The fraction of sp³-hybridized carbons (Fsp3) is 0.167. The first-order chi connectivity index (χ1) is 12.6. The number of thioether (sulfide) groups is 1. The Morgan fingerprint density at radius 1 is 1.12 bits per heavy atom. The quantitative estimate of drug-likeness (QED) is 0.471. The van der Waals surface area contributed by atoms with Crippen LogP contribution in [0.25, 0.3) is 11.5 Å². The van der Waals surface area contributed by atoms with Gasteiger partial charge in [-0.05, 0) is 49.4 Å². The Morgan fingerprint density at radius 2 is 1.88 bits per heavy atom. The Bertz CT molecular complexity index is 958. The molecule has 2 aromatic carbocycles. The zero-order chi connectivity index (χ0) is 18.1. The number of aromatic nitrogens is 2. The van der Waals surface area contributed by atoms with Crippen molar-refractivity contribution in [1.82, 2.24) is 10.2 Å². The molecular formula is C18H13ClN2O4S. The molecule has 3 aromatic rings. The highest BCUT2D eigenvalue weighted by molar-refractivity contribution is 8.00. The number of hydrogen-bond donors (Lipinski definition) is 0. The van der Waals surface area contributed by atoms with Gasteiger partial charge >= 0.3 is 0 Å². The summed E-state index contributed by atoms with van der Waals surface area (Å²) in [6.45, 7) is 2.00. The van der Waals surface area contributed by atoms with Gasteiger partial charge in [-0.3, -0.25) is 4.79 Å². The van der Waals surface area contributed by atoms with Gasteiger partial charge in [0.1, 0.15) is 0 Å². The monoisotopic (exact) mass is 388 g/mol. The van der Waals surface area contributed by atoms with Gasteiger partial charge in [0.05, 0.1) is 5.25 Å². The molecule has 0 saturated carbocycles. The van der Waals surface area contributed by atoms with Gasteiger partial charge in [-0.25, -0.2) is 0 Å². The van der Waals surface area contributed by atoms with Crippen LogP contribution in [0.4, 0.5) is 0 Å². The normalized spacial score (nSPS) is 13.6. The topological polar surface area (TPSA) is 74.5 Å². The predicted molar refractivity (Wildman–Crippen MR) is 97.0 cm³/mol. The number of ketones is 1. The van der Waals surface area contributed by atoms with Crippen LogP contribution in [0.3, 0.4) is 0 Å². The number of carbonyl (C=O) groups is 1. The molecule has 0 N–H and O–H groups in total. The van der Waals surface area contributed by atoms with Crippen LogP contribution in [0.2, 0.25) is 5.02 Å². The number of hydrogen-bond acceptors (Lipinski definition) is 7. The van der Waals surface area contributed by atoms with E-state index in [1.165, 1.54) is 11.8 Å². The lowest BCUT2D eigenvalue weighted by Gasteiger charge is -2.07. The second-order valence-electron chi connectivity index (χ2n) is 5.57. The Kier molecular flexibility index (Phi) is 4.57. The van der Waals surface area contributed by atoms with Gasteiger partial charge in [-0.2, -0.15) is 0 Å². The molecule has 0 saturated heterocycles. The number of benzene rings is 2. The second-order valence-corrected chi connectivity index (χ2v) is 7.30. The summed E-state index contributed by atoms with van der Waals surface area (Å²) in [7, 11) is 0. The van der Waals surface area contributed by atoms with Crippen molar-refractivity contribution in [3.05, 3.63) is 53.1 Å². The van der Waals surface area contributed by atoms with Crippen LogP contribution >= 0.6 is 23.4 Å². The number of nitrogens with zero attached hydrogens (tertiary/aromatic N) is 2. The minimum Gasteiger partial charge on any atom is -0.454 e. The van der Waals surface area contributed by atoms with E-state index in [9.17, 15) is 4.79 Å². The summed E-state index contributed by atoms with van der Waals surface area (Å²) >= 11 is 7.07. The molecule has 8 heteroatoms. The number of Topliss-reactive ketones (excluding diaryl/α,β-unsaturated/α-hetero) is 1. The molecule has 1 aliphatic rings. The van der Waals surface area contributed by atoms with Gasteiger partial charge in [0, 0.05) is 16.1 Å². The molecule has 0 radical (unpaired) electrons. The van der Waals surface area contributed by atoms with E-state index in [-0.39, 0.29) is 17.8 Å². The van der Waals surface area contributed by atoms with Crippen LogP contribution in [-0.4, -0.2) is 28.0 Å². The first-order valence-corrected chi connectivity index (χ1v) is 9.06. The van der Waals surface area contributed by atoms with E-state index < -0.39 is 0 Å². The molecule has 0 fully saturated rings. The molecule has 1 atom stereocenters. The molecule has 0 spiro atoms. The van der Waals surface area contributed by atoms with Crippen molar-refractivity contribution in [2.45, 2.75) is 17.4 Å². The molecule has 1 aliphatic heterocycles. The van der Waals surface area contributed by atoms with E-state index in [1.54, 1.807) is 43.3 Å². The molecule has 132 valence electrons. The summed E-state index contributed by atoms with van der Waals surface area (Å²) in [5.41, 5.74) is 1.31. The fourth-order valence-electron chi connectivity index (χ4n) is 2.46. The highest BCUT2D eigenvalue weighted by Gasteiger charge is 2.21. The van der Waals surface area contributed by atoms with Crippen molar-refractivity contribution >= 4 is 29.1 Å². The molecular weight excluding hydrogens is 376 g/mol. The minimum absolute atomic E-state index is 0.0329. The number of rotatable bonds is 5. The third-order valence-corrected chi connectivity index (χ3v) is 4.99. The van der Waals surface area contributed by atoms with Gasteiger partial charge < -0.3 is 13.9 Å².